The number of thioether (sulfide) groups is 1. The number of carbonyl (C=O) groups excluding carboxylic acids is 1. The molecule has 0 aromatic heterocycles. The zero-order valence-electron chi connectivity index (χ0n) is 12.8. The number of methoxy groups -OCH3 is 1. The number of hydrogen-bond acceptors (Lipinski definition) is 5. The molecule has 0 heterocycles. The lowest BCUT2D eigenvalue weighted by atomic mass is 10.2. The number of hydrogen-bond donors (Lipinski definition) is 2. The molecule has 1 rings (SSSR count). The van der Waals surface area contributed by atoms with Crippen molar-refractivity contribution in [3.8, 4) is 5.75 Å². The molecule has 0 fully saturated rings. The van der Waals surface area contributed by atoms with Gasteiger partial charge in [0, 0.05) is 12.3 Å². The summed E-state index contributed by atoms with van der Waals surface area (Å²) in [6.07, 6.45) is 1.03. The van der Waals surface area contributed by atoms with E-state index in [2.05, 4.69) is 11.9 Å². The van der Waals surface area contributed by atoms with E-state index in [0.717, 1.165) is 17.1 Å². The molecule has 0 spiro atoms. The minimum absolute atomic E-state index is 0.0962. The van der Waals surface area contributed by atoms with Crippen LogP contribution in [-0.2, 0) is 16.1 Å². The van der Waals surface area contributed by atoms with E-state index in [0.29, 0.717) is 12.4 Å². The summed E-state index contributed by atoms with van der Waals surface area (Å²) in [4.78, 5) is 11.4. The van der Waals surface area contributed by atoms with Gasteiger partial charge >= 0.3 is 0 Å². The predicted octanol–water partition coefficient (Wildman–Crippen LogP) is 1.61. The molecule has 122 valence electrons. The topological polar surface area (TPSA) is 67.8 Å². The van der Waals surface area contributed by atoms with Gasteiger partial charge in [0.15, 0.2) is 0 Å². The highest BCUT2D eigenvalue weighted by Crippen LogP contribution is 2.11. The van der Waals surface area contributed by atoms with E-state index >= 15 is 0 Å². The molecule has 1 amide bonds. The third-order valence-electron chi connectivity index (χ3n) is 2.74. The predicted molar refractivity (Wildman–Crippen MR) is 89.2 cm³/mol. The summed E-state index contributed by atoms with van der Waals surface area (Å²) in [5.74, 6) is 1.80. The molecule has 2 N–H and O–H groups in total. The van der Waals surface area contributed by atoms with E-state index < -0.39 is 6.10 Å². The summed E-state index contributed by atoms with van der Waals surface area (Å²) in [5.41, 5.74) is 0.998. The second-order valence-corrected chi connectivity index (χ2v) is 5.66. The van der Waals surface area contributed by atoms with Crippen LogP contribution in [-0.4, -0.2) is 48.9 Å². The molecule has 6 heteroatoms. The largest absolute Gasteiger partial charge is 0.497 e. The Bertz CT molecular complexity index is 450. The van der Waals surface area contributed by atoms with Gasteiger partial charge in [-0.3, -0.25) is 4.79 Å². The van der Waals surface area contributed by atoms with Crippen LogP contribution in [0.3, 0.4) is 0 Å². The fourth-order valence-corrected chi connectivity index (χ4v) is 2.18. The number of benzene rings is 1. The molecular formula is C16H23NO4S. The van der Waals surface area contributed by atoms with Crippen LogP contribution in [0.25, 0.3) is 0 Å². The van der Waals surface area contributed by atoms with Gasteiger partial charge in [-0.1, -0.05) is 18.2 Å². The summed E-state index contributed by atoms with van der Waals surface area (Å²) in [7, 11) is 1.62. The van der Waals surface area contributed by atoms with Crippen LogP contribution in [0.5, 0.6) is 5.75 Å². The minimum Gasteiger partial charge on any atom is -0.497 e. The van der Waals surface area contributed by atoms with Crippen molar-refractivity contribution in [2.24, 2.45) is 0 Å². The van der Waals surface area contributed by atoms with Gasteiger partial charge < -0.3 is 19.9 Å². The Morgan fingerprint density at radius 1 is 1.45 bits per heavy atom. The van der Waals surface area contributed by atoms with Crippen molar-refractivity contribution >= 4 is 17.7 Å². The molecule has 22 heavy (non-hydrogen) atoms. The van der Waals surface area contributed by atoms with Gasteiger partial charge in [0.2, 0.25) is 5.91 Å². The SMILES string of the molecule is C=CCSCC(=O)NCC(O)COCc1ccc(OC)cc1. The summed E-state index contributed by atoms with van der Waals surface area (Å²) in [6, 6.07) is 7.53. The van der Waals surface area contributed by atoms with E-state index in [1.54, 1.807) is 13.2 Å². The lowest BCUT2D eigenvalue weighted by Crippen LogP contribution is -2.35. The van der Waals surface area contributed by atoms with Gasteiger partial charge in [0.05, 0.1) is 32.2 Å². The summed E-state index contributed by atoms with van der Waals surface area (Å²) < 4.78 is 10.5. The van der Waals surface area contributed by atoms with Gasteiger partial charge in [0.25, 0.3) is 0 Å². The Kier molecular flexibility index (Phi) is 9.37. The zero-order chi connectivity index (χ0) is 16.2. The molecule has 1 aromatic rings. The molecule has 0 saturated heterocycles. The van der Waals surface area contributed by atoms with Crippen LogP contribution >= 0.6 is 11.8 Å². The fraction of sp³-hybridized carbons (Fsp3) is 0.438. The molecule has 0 saturated carbocycles. The Morgan fingerprint density at radius 3 is 2.82 bits per heavy atom. The number of amides is 1. The lowest BCUT2D eigenvalue weighted by molar-refractivity contribution is -0.119. The molecule has 1 atom stereocenters. The van der Waals surface area contributed by atoms with E-state index in [9.17, 15) is 9.90 Å². The van der Waals surface area contributed by atoms with E-state index in [-0.39, 0.29) is 19.1 Å². The first-order chi connectivity index (χ1) is 10.7. The van der Waals surface area contributed by atoms with Crippen molar-refractivity contribution in [2.45, 2.75) is 12.7 Å². The van der Waals surface area contributed by atoms with Crippen LogP contribution < -0.4 is 10.1 Å². The van der Waals surface area contributed by atoms with Crippen molar-refractivity contribution in [1.29, 1.82) is 0 Å². The molecule has 0 aliphatic heterocycles. The lowest BCUT2D eigenvalue weighted by Gasteiger charge is -2.12. The first-order valence-electron chi connectivity index (χ1n) is 6.99. The van der Waals surface area contributed by atoms with Crippen molar-refractivity contribution < 1.29 is 19.4 Å². The first kappa shape index (κ1) is 18.5. The van der Waals surface area contributed by atoms with Gasteiger partial charge in [0.1, 0.15) is 5.75 Å². The monoisotopic (exact) mass is 325 g/mol. The number of ether oxygens (including phenoxy) is 2. The number of nitrogens with one attached hydrogen (secondary N) is 1. The molecule has 0 bridgehead atoms. The molecule has 0 radical (unpaired) electrons. The Labute approximate surface area is 135 Å². The third kappa shape index (κ3) is 8.07. The highest BCUT2D eigenvalue weighted by Gasteiger charge is 2.07. The number of rotatable bonds is 11. The third-order valence-corrected chi connectivity index (χ3v) is 3.68. The molecule has 1 unspecified atom stereocenters. The van der Waals surface area contributed by atoms with Crippen molar-refractivity contribution in [2.75, 3.05) is 31.8 Å². The second kappa shape index (κ2) is 11.1. The minimum atomic E-state index is -0.716. The maximum atomic E-state index is 11.4. The van der Waals surface area contributed by atoms with Gasteiger partial charge in [-0.25, -0.2) is 0 Å². The quantitative estimate of drug-likeness (QED) is 0.478. The smallest absolute Gasteiger partial charge is 0.230 e. The van der Waals surface area contributed by atoms with Crippen LogP contribution in [0.2, 0.25) is 0 Å². The zero-order valence-corrected chi connectivity index (χ0v) is 13.6. The van der Waals surface area contributed by atoms with E-state index in [1.165, 1.54) is 11.8 Å². The van der Waals surface area contributed by atoms with Crippen molar-refractivity contribution in [1.82, 2.24) is 5.32 Å². The molecule has 5 nitrogen and oxygen atoms in total. The van der Waals surface area contributed by atoms with E-state index in [4.69, 9.17) is 9.47 Å². The summed E-state index contributed by atoms with van der Waals surface area (Å²) in [5, 5.41) is 12.4. The van der Waals surface area contributed by atoms with Crippen LogP contribution in [0.15, 0.2) is 36.9 Å². The van der Waals surface area contributed by atoms with Crippen molar-refractivity contribution in [3.05, 3.63) is 42.5 Å². The average Bonchev–Trinajstić information content (AvgIpc) is 2.54. The second-order valence-electron chi connectivity index (χ2n) is 4.62. The fourth-order valence-electron chi connectivity index (χ4n) is 1.61. The first-order valence-corrected chi connectivity index (χ1v) is 8.15. The van der Waals surface area contributed by atoms with Gasteiger partial charge in [-0.15, -0.1) is 18.3 Å². The highest BCUT2D eigenvalue weighted by molar-refractivity contribution is 8.00. The number of aliphatic hydroxyl groups excluding tert-OH is 1. The molecular weight excluding hydrogens is 302 g/mol. The van der Waals surface area contributed by atoms with Gasteiger partial charge in [-0.2, -0.15) is 0 Å². The Balaban J connectivity index is 2.13. The summed E-state index contributed by atoms with van der Waals surface area (Å²) in [6.45, 7) is 4.35. The van der Waals surface area contributed by atoms with Crippen LogP contribution in [0.1, 0.15) is 5.56 Å². The Morgan fingerprint density at radius 2 is 2.18 bits per heavy atom. The molecule has 0 aliphatic carbocycles. The normalized spacial score (nSPS) is 11.7. The van der Waals surface area contributed by atoms with Crippen LogP contribution in [0, 0.1) is 0 Å². The van der Waals surface area contributed by atoms with Gasteiger partial charge in [-0.05, 0) is 17.7 Å². The van der Waals surface area contributed by atoms with Crippen molar-refractivity contribution in [3.63, 3.8) is 0 Å². The summed E-state index contributed by atoms with van der Waals surface area (Å²) >= 11 is 1.48. The van der Waals surface area contributed by atoms with Crippen LogP contribution in [0.4, 0.5) is 0 Å². The standard InChI is InChI=1S/C16H23NO4S/c1-3-8-22-12-16(19)17-9-14(18)11-21-10-13-4-6-15(20-2)7-5-13/h3-7,14,18H,1,8-12H2,2H3,(H,17,19). The molecule has 0 aliphatic rings. The Hall–Kier alpha value is -1.50. The average molecular weight is 325 g/mol. The maximum Gasteiger partial charge on any atom is 0.230 e. The highest BCUT2D eigenvalue weighted by atomic mass is 32.2. The van der Waals surface area contributed by atoms with E-state index in [1.807, 2.05) is 24.3 Å². The number of carbonyl (C=O) groups is 1. The molecule has 1 aromatic carbocycles. The number of aliphatic hydroxyl groups is 1. The maximum absolute atomic E-state index is 11.4.